The van der Waals surface area contributed by atoms with Crippen LogP contribution in [-0.2, 0) is 20.8 Å². The number of anilines is 2. The number of urea groups is 1. The van der Waals surface area contributed by atoms with Gasteiger partial charge in [-0.25, -0.2) is 9.69 Å². The molecule has 10 nitrogen and oxygen atoms in total. The Morgan fingerprint density at radius 2 is 1.76 bits per heavy atom. The van der Waals surface area contributed by atoms with Gasteiger partial charge in [0.25, 0.3) is 11.8 Å². The fourth-order valence-electron chi connectivity index (χ4n) is 4.10. The summed E-state index contributed by atoms with van der Waals surface area (Å²) in [5.41, 5.74) is 3.89. The monoisotopic (exact) mass is 668 g/mol. The number of aryl methyl sites for hydroxylation is 2. The van der Waals surface area contributed by atoms with Gasteiger partial charge in [-0.1, -0.05) is 42.8 Å². The maximum absolute atomic E-state index is 13.0. The van der Waals surface area contributed by atoms with Crippen molar-refractivity contribution in [2.45, 2.75) is 20.3 Å². The van der Waals surface area contributed by atoms with E-state index in [-0.39, 0.29) is 18.2 Å². The van der Waals surface area contributed by atoms with Gasteiger partial charge >= 0.3 is 6.03 Å². The molecule has 1 fully saturated rings. The Morgan fingerprint density at radius 1 is 1.02 bits per heavy atom. The maximum Gasteiger partial charge on any atom is 0.329 e. The number of halogens is 1. The van der Waals surface area contributed by atoms with Crippen molar-refractivity contribution in [1.29, 1.82) is 0 Å². The third-order valence-corrected chi connectivity index (χ3v) is 6.98. The molecule has 0 radical (unpaired) electrons. The van der Waals surface area contributed by atoms with Gasteiger partial charge in [0.1, 0.15) is 12.2 Å². The number of methoxy groups -OCH3 is 1. The van der Waals surface area contributed by atoms with Crippen LogP contribution in [0.25, 0.3) is 6.08 Å². The average molecular weight is 668 g/mol. The van der Waals surface area contributed by atoms with Crippen molar-refractivity contribution >= 4 is 63.8 Å². The normalized spacial score (nSPS) is 13.7. The lowest BCUT2D eigenvalue weighted by atomic mass is 10.1. The minimum absolute atomic E-state index is 0.0146. The van der Waals surface area contributed by atoms with E-state index in [1.807, 2.05) is 72.8 Å². The van der Waals surface area contributed by atoms with Gasteiger partial charge in [-0.3, -0.25) is 14.4 Å². The van der Waals surface area contributed by atoms with Crippen molar-refractivity contribution in [2.24, 2.45) is 0 Å². The molecule has 212 valence electrons. The van der Waals surface area contributed by atoms with Gasteiger partial charge in [0, 0.05) is 11.4 Å². The lowest BCUT2D eigenvalue weighted by Crippen LogP contribution is -2.38. The Labute approximate surface area is 251 Å². The molecule has 4 rings (SSSR count). The van der Waals surface area contributed by atoms with Gasteiger partial charge in [-0.05, 0) is 83.5 Å². The zero-order valence-electron chi connectivity index (χ0n) is 22.7. The van der Waals surface area contributed by atoms with Crippen molar-refractivity contribution in [2.75, 3.05) is 30.9 Å². The molecule has 1 aliphatic rings. The fourth-order valence-corrected chi connectivity index (χ4v) is 4.88. The lowest BCUT2D eigenvalue weighted by Gasteiger charge is -2.14. The Kier molecular flexibility index (Phi) is 9.61. The minimum Gasteiger partial charge on any atom is -0.493 e. The summed E-state index contributed by atoms with van der Waals surface area (Å²) in [7, 11) is 1.46. The topological polar surface area (TPSA) is 126 Å². The summed E-state index contributed by atoms with van der Waals surface area (Å²) in [5, 5.41) is 8.06. The first-order valence-corrected chi connectivity index (χ1v) is 13.9. The zero-order valence-corrected chi connectivity index (χ0v) is 24.9. The Hall–Kier alpha value is -4.39. The fraction of sp³-hybridized carbons (Fsp3) is 0.200. The van der Waals surface area contributed by atoms with Crippen molar-refractivity contribution in [3.8, 4) is 11.5 Å². The molecule has 0 atom stereocenters. The number of hydrogen-bond donors (Lipinski definition) is 3. The molecule has 41 heavy (non-hydrogen) atoms. The number of carbonyl (C=O) groups is 4. The van der Waals surface area contributed by atoms with Crippen LogP contribution in [0.4, 0.5) is 16.2 Å². The number of hydrogen-bond acceptors (Lipinski definition) is 6. The molecule has 3 aromatic carbocycles. The van der Waals surface area contributed by atoms with E-state index < -0.39 is 24.4 Å². The van der Waals surface area contributed by atoms with E-state index in [4.69, 9.17) is 9.47 Å². The van der Waals surface area contributed by atoms with E-state index in [0.29, 0.717) is 32.0 Å². The van der Waals surface area contributed by atoms with Crippen LogP contribution < -0.4 is 25.4 Å². The van der Waals surface area contributed by atoms with Crippen LogP contribution in [0.1, 0.15) is 23.6 Å². The summed E-state index contributed by atoms with van der Waals surface area (Å²) >= 11 is 2.04. The highest BCUT2D eigenvalue weighted by molar-refractivity contribution is 14.1. The number of para-hydroxylation sites is 1. The van der Waals surface area contributed by atoms with Crippen molar-refractivity contribution in [3.05, 3.63) is 86.6 Å². The number of ether oxygens (including phenoxy) is 2. The number of carbonyl (C=O) groups excluding carboxylic acids is 4. The molecule has 3 aromatic rings. The molecule has 0 aromatic heterocycles. The van der Waals surface area contributed by atoms with Gasteiger partial charge in [-0.2, -0.15) is 0 Å². The van der Waals surface area contributed by atoms with E-state index in [9.17, 15) is 19.2 Å². The smallest absolute Gasteiger partial charge is 0.329 e. The molecule has 0 bridgehead atoms. The average Bonchev–Trinajstić information content (AvgIpc) is 3.20. The summed E-state index contributed by atoms with van der Waals surface area (Å²) < 4.78 is 11.8. The molecular weight excluding hydrogens is 639 g/mol. The van der Waals surface area contributed by atoms with E-state index in [1.165, 1.54) is 13.2 Å². The first-order valence-electron chi connectivity index (χ1n) is 12.8. The Bertz CT molecular complexity index is 1520. The molecule has 0 unspecified atom stereocenters. The molecule has 0 saturated carbocycles. The van der Waals surface area contributed by atoms with E-state index in [0.717, 1.165) is 22.4 Å². The zero-order chi connectivity index (χ0) is 29.5. The van der Waals surface area contributed by atoms with Crippen molar-refractivity contribution < 1.29 is 28.7 Å². The highest BCUT2D eigenvalue weighted by Crippen LogP contribution is 2.35. The summed E-state index contributed by atoms with van der Waals surface area (Å²) in [6, 6.07) is 17.4. The first-order chi connectivity index (χ1) is 19.7. The molecule has 3 N–H and O–H groups in total. The van der Waals surface area contributed by atoms with Crippen LogP contribution in [-0.4, -0.2) is 48.9 Å². The third-order valence-electron chi connectivity index (χ3n) is 6.18. The molecule has 1 aliphatic heterocycles. The van der Waals surface area contributed by atoms with Gasteiger partial charge in [0.2, 0.25) is 5.91 Å². The van der Waals surface area contributed by atoms with Gasteiger partial charge in [-0.15, -0.1) is 0 Å². The predicted molar refractivity (Wildman–Crippen MR) is 164 cm³/mol. The molecular formula is C30H29IN4O6. The number of rotatable bonds is 10. The lowest BCUT2D eigenvalue weighted by molar-refractivity contribution is -0.127. The van der Waals surface area contributed by atoms with E-state index in [1.54, 1.807) is 24.3 Å². The maximum atomic E-state index is 13.0. The second kappa shape index (κ2) is 13.3. The van der Waals surface area contributed by atoms with Crippen LogP contribution in [0.15, 0.2) is 66.4 Å². The van der Waals surface area contributed by atoms with E-state index >= 15 is 0 Å². The highest BCUT2D eigenvalue weighted by atomic mass is 127. The van der Waals surface area contributed by atoms with Crippen molar-refractivity contribution in [3.63, 3.8) is 0 Å². The first kappa shape index (κ1) is 29.6. The van der Waals surface area contributed by atoms with Crippen LogP contribution >= 0.6 is 22.6 Å². The third kappa shape index (κ3) is 7.42. The second-order valence-electron chi connectivity index (χ2n) is 9.18. The second-order valence-corrected chi connectivity index (χ2v) is 10.3. The van der Waals surface area contributed by atoms with Crippen LogP contribution in [0.3, 0.4) is 0 Å². The number of benzene rings is 3. The standard InChI is InChI=1S/C30H29IN4O6/c1-4-20-7-5-6-8-23(20)33-26(36)16-35-29(38)24(34-30(35)39)14-19-13-22(31)28(25(15-19)40-3)41-17-27(37)32-21-11-9-18(2)10-12-21/h5-15H,4,16-17H2,1-3H3,(H,32,37)(H,33,36)(H,34,39)/b24-14+. The molecule has 0 spiro atoms. The van der Waals surface area contributed by atoms with Crippen LogP contribution in [0.2, 0.25) is 0 Å². The van der Waals surface area contributed by atoms with E-state index in [2.05, 4.69) is 16.0 Å². The van der Waals surface area contributed by atoms with Crippen molar-refractivity contribution in [1.82, 2.24) is 10.2 Å². The summed E-state index contributed by atoms with van der Waals surface area (Å²) in [5.74, 6) is -0.744. The van der Waals surface area contributed by atoms with Gasteiger partial charge in [0.05, 0.1) is 10.7 Å². The van der Waals surface area contributed by atoms with Crippen LogP contribution in [0, 0.1) is 10.5 Å². The predicted octanol–water partition coefficient (Wildman–Crippen LogP) is 4.72. The number of nitrogens with zero attached hydrogens (tertiary/aromatic N) is 1. The summed E-state index contributed by atoms with van der Waals surface area (Å²) in [4.78, 5) is 51.4. The van der Waals surface area contributed by atoms with Gasteiger partial charge in [0.15, 0.2) is 18.1 Å². The number of imide groups is 1. The summed E-state index contributed by atoms with van der Waals surface area (Å²) in [6.07, 6.45) is 2.21. The summed E-state index contributed by atoms with van der Waals surface area (Å²) in [6.45, 7) is 3.26. The minimum atomic E-state index is -0.693. The number of nitrogens with one attached hydrogen (secondary N) is 3. The quantitative estimate of drug-likeness (QED) is 0.163. The Morgan fingerprint density at radius 3 is 2.46 bits per heavy atom. The molecule has 1 saturated heterocycles. The molecule has 5 amide bonds. The Balaban J connectivity index is 1.42. The highest BCUT2D eigenvalue weighted by Gasteiger charge is 2.35. The SMILES string of the molecule is CCc1ccccc1NC(=O)CN1C(=O)N/C(=C/c2cc(I)c(OCC(=O)Nc3ccc(C)cc3)c(OC)c2)C1=O. The van der Waals surface area contributed by atoms with Gasteiger partial charge < -0.3 is 25.4 Å². The van der Waals surface area contributed by atoms with Crippen LogP contribution in [0.5, 0.6) is 11.5 Å². The number of amides is 5. The molecule has 11 heteroatoms. The molecule has 0 aliphatic carbocycles. The largest absolute Gasteiger partial charge is 0.493 e. The molecule has 1 heterocycles.